The van der Waals surface area contributed by atoms with Crippen molar-refractivity contribution in [3.05, 3.63) is 59.7 Å². The molecule has 0 aliphatic heterocycles. The number of ether oxygens (including phenoxy) is 1. The first-order chi connectivity index (χ1) is 16.1. The number of carbonyl (C=O) groups excluding carboxylic acids is 1. The number of amides is 1. The Hall–Kier alpha value is -3.89. The summed E-state index contributed by atoms with van der Waals surface area (Å²) in [6, 6.07) is 6.29. The largest absolute Gasteiger partial charge is 0.496 e. The number of alkyl halides is 3. The van der Waals surface area contributed by atoms with Gasteiger partial charge in [-0.25, -0.2) is 9.67 Å². The van der Waals surface area contributed by atoms with E-state index in [1.165, 1.54) is 35.4 Å². The molecule has 1 amide bonds. The minimum Gasteiger partial charge on any atom is -0.496 e. The lowest BCUT2D eigenvalue weighted by Gasteiger charge is -2.27. The van der Waals surface area contributed by atoms with Gasteiger partial charge in [-0.15, -0.1) is 0 Å². The van der Waals surface area contributed by atoms with Gasteiger partial charge in [0.05, 0.1) is 24.8 Å². The highest BCUT2D eigenvalue weighted by Gasteiger charge is 2.33. The van der Waals surface area contributed by atoms with Gasteiger partial charge in [0.1, 0.15) is 24.9 Å². The van der Waals surface area contributed by atoms with E-state index >= 15 is 0 Å². The van der Waals surface area contributed by atoms with Crippen LogP contribution in [-0.2, 0) is 28.7 Å². The van der Waals surface area contributed by atoms with E-state index in [4.69, 9.17) is 4.74 Å². The lowest BCUT2D eigenvalue weighted by atomic mass is 9.91. The summed E-state index contributed by atoms with van der Waals surface area (Å²) in [4.78, 5) is 29.4. The molecule has 8 nitrogen and oxygen atoms in total. The number of halogens is 3. The normalized spacial score (nSPS) is 11.4. The van der Waals surface area contributed by atoms with Gasteiger partial charge in [0.25, 0.3) is 0 Å². The van der Waals surface area contributed by atoms with Gasteiger partial charge < -0.3 is 14.7 Å². The highest BCUT2D eigenvalue weighted by molar-refractivity contribution is 5.99. The molecule has 0 aliphatic rings. The standard InChI is InChI=1S/C23H23F3N4O4/c1-4-30(20(31)11-29-13-27-12-28-29)18-10-16(23(24,25)26)6-7-17(18)22-14(2)15(9-21(32)33)5-8-19(22)34-3/h5-8,10,12-13H,4,9,11H2,1-3H3,(H,32,33). The Morgan fingerprint density at radius 3 is 2.50 bits per heavy atom. The van der Waals surface area contributed by atoms with E-state index in [-0.39, 0.29) is 25.2 Å². The van der Waals surface area contributed by atoms with Crippen molar-refractivity contribution in [3.8, 4) is 16.9 Å². The molecule has 0 saturated carbocycles. The Morgan fingerprint density at radius 1 is 1.21 bits per heavy atom. The molecule has 2 aromatic carbocycles. The molecule has 0 spiro atoms. The van der Waals surface area contributed by atoms with Crippen LogP contribution in [0.4, 0.5) is 18.9 Å². The maximum atomic E-state index is 13.6. The number of nitrogens with zero attached hydrogens (tertiary/aromatic N) is 4. The van der Waals surface area contributed by atoms with Crippen molar-refractivity contribution in [1.29, 1.82) is 0 Å². The van der Waals surface area contributed by atoms with Crippen molar-refractivity contribution in [2.75, 3.05) is 18.6 Å². The van der Waals surface area contributed by atoms with Crippen molar-refractivity contribution in [2.45, 2.75) is 33.0 Å². The zero-order valence-corrected chi connectivity index (χ0v) is 18.8. The molecule has 0 saturated heterocycles. The Bertz CT molecular complexity index is 1190. The van der Waals surface area contributed by atoms with E-state index in [0.717, 1.165) is 12.1 Å². The molecule has 3 aromatic rings. The smallest absolute Gasteiger partial charge is 0.416 e. The topological polar surface area (TPSA) is 97.5 Å². The fraction of sp³-hybridized carbons (Fsp3) is 0.304. The summed E-state index contributed by atoms with van der Waals surface area (Å²) in [6.07, 6.45) is -2.32. The molecular weight excluding hydrogens is 453 g/mol. The highest BCUT2D eigenvalue weighted by atomic mass is 19.4. The first-order valence-corrected chi connectivity index (χ1v) is 10.3. The summed E-state index contributed by atoms with van der Waals surface area (Å²) in [6.45, 7) is 3.18. The number of carbonyl (C=O) groups is 2. The number of likely N-dealkylation sites (N-methyl/N-ethyl adjacent to an activating group) is 1. The first-order valence-electron chi connectivity index (χ1n) is 10.3. The number of aromatic nitrogens is 3. The van der Waals surface area contributed by atoms with E-state index in [9.17, 15) is 27.9 Å². The third-order valence-electron chi connectivity index (χ3n) is 5.37. The lowest BCUT2D eigenvalue weighted by Crippen LogP contribution is -2.34. The van der Waals surface area contributed by atoms with Crippen LogP contribution in [0.3, 0.4) is 0 Å². The Balaban J connectivity index is 2.24. The SMILES string of the molecule is CCN(C(=O)Cn1cncn1)c1cc(C(F)(F)F)ccc1-c1c(OC)ccc(CC(=O)O)c1C. The van der Waals surface area contributed by atoms with Crippen LogP contribution >= 0.6 is 0 Å². The van der Waals surface area contributed by atoms with Crippen LogP contribution in [0, 0.1) is 6.92 Å². The molecule has 1 aromatic heterocycles. The first kappa shape index (κ1) is 24.7. The summed E-state index contributed by atoms with van der Waals surface area (Å²) < 4.78 is 47.5. The van der Waals surface area contributed by atoms with Gasteiger partial charge in [-0.1, -0.05) is 12.1 Å². The molecule has 1 N–H and O–H groups in total. The zero-order valence-electron chi connectivity index (χ0n) is 18.8. The molecule has 3 rings (SSSR count). The molecule has 34 heavy (non-hydrogen) atoms. The molecule has 0 bridgehead atoms. The maximum Gasteiger partial charge on any atom is 0.416 e. The summed E-state index contributed by atoms with van der Waals surface area (Å²) in [7, 11) is 1.41. The van der Waals surface area contributed by atoms with Crippen LogP contribution < -0.4 is 9.64 Å². The summed E-state index contributed by atoms with van der Waals surface area (Å²) in [5.74, 6) is -1.20. The number of benzene rings is 2. The molecule has 0 atom stereocenters. The average Bonchev–Trinajstić information content (AvgIpc) is 3.27. The van der Waals surface area contributed by atoms with E-state index in [0.29, 0.717) is 28.0 Å². The van der Waals surface area contributed by atoms with Crippen LogP contribution in [0.2, 0.25) is 0 Å². The van der Waals surface area contributed by atoms with E-state index in [1.54, 1.807) is 26.0 Å². The molecule has 0 aliphatic carbocycles. The van der Waals surface area contributed by atoms with Gasteiger partial charge in [0.15, 0.2) is 0 Å². The summed E-state index contributed by atoms with van der Waals surface area (Å²) >= 11 is 0. The monoisotopic (exact) mass is 476 g/mol. The second-order valence-electron chi connectivity index (χ2n) is 7.46. The van der Waals surface area contributed by atoms with Crippen LogP contribution in [0.25, 0.3) is 11.1 Å². The van der Waals surface area contributed by atoms with Crippen LogP contribution in [-0.4, -0.2) is 45.4 Å². The van der Waals surface area contributed by atoms with Gasteiger partial charge in [0, 0.05) is 17.7 Å². The summed E-state index contributed by atoms with van der Waals surface area (Å²) in [5, 5.41) is 13.1. The van der Waals surface area contributed by atoms with Crippen LogP contribution in [0.15, 0.2) is 43.0 Å². The van der Waals surface area contributed by atoms with Gasteiger partial charge >= 0.3 is 12.1 Å². The predicted octanol–water partition coefficient (Wildman–Crippen LogP) is 3.96. The van der Waals surface area contributed by atoms with Crippen LogP contribution in [0.5, 0.6) is 5.75 Å². The van der Waals surface area contributed by atoms with Gasteiger partial charge in [-0.05, 0) is 43.2 Å². The Morgan fingerprint density at radius 2 is 1.94 bits per heavy atom. The maximum absolute atomic E-state index is 13.6. The van der Waals surface area contributed by atoms with E-state index in [2.05, 4.69) is 10.1 Å². The average molecular weight is 476 g/mol. The van der Waals surface area contributed by atoms with Crippen molar-refractivity contribution in [1.82, 2.24) is 14.8 Å². The third kappa shape index (κ3) is 5.19. The number of methoxy groups -OCH3 is 1. The molecule has 11 heteroatoms. The van der Waals surface area contributed by atoms with E-state index in [1.807, 2.05) is 0 Å². The van der Waals surface area contributed by atoms with Crippen LogP contribution in [0.1, 0.15) is 23.6 Å². The number of carboxylic acid groups (broad SMARTS) is 1. The molecule has 0 radical (unpaired) electrons. The predicted molar refractivity (Wildman–Crippen MR) is 118 cm³/mol. The van der Waals surface area contributed by atoms with E-state index < -0.39 is 23.6 Å². The van der Waals surface area contributed by atoms with Crippen molar-refractivity contribution in [3.63, 3.8) is 0 Å². The number of anilines is 1. The molecule has 180 valence electrons. The van der Waals surface area contributed by atoms with Crippen molar-refractivity contribution in [2.24, 2.45) is 0 Å². The molecule has 1 heterocycles. The lowest BCUT2D eigenvalue weighted by molar-refractivity contribution is -0.138. The summed E-state index contributed by atoms with van der Waals surface area (Å²) in [5.41, 5.74) is 0.835. The number of rotatable bonds is 8. The Kier molecular flexibility index (Phi) is 7.23. The minimum atomic E-state index is -4.63. The van der Waals surface area contributed by atoms with Crippen molar-refractivity contribution >= 4 is 17.6 Å². The quantitative estimate of drug-likeness (QED) is 0.529. The molecule has 0 unspecified atom stereocenters. The van der Waals surface area contributed by atoms with Crippen molar-refractivity contribution < 1.29 is 32.6 Å². The third-order valence-corrected chi connectivity index (χ3v) is 5.37. The zero-order chi connectivity index (χ0) is 25.0. The Labute approximate surface area is 193 Å². The fourth-order valence-electron chi connectivity index (χ4n) is 3.75. The van der Waals surface area contributed by atoms with Gasteiger partial charge in [0.2, 0.25) is 5.91 Å². The van der Waals surface area contributed by atoms with Gasteiger partial charge in [-0.2, -0.15) is 18.3 Å². The number of carboxylic acids is 1. The van der Waals surface area contributed by atoms with Gasteiger partial charge in [-0.3, -0.25) is 9.59 Å². The molecular formula is C23H23F3N4O4. The highest BCUT2D eigenvalue weighted by Crippen LogP contribution is 2.43. The molecule has 0 fully saturated rings. The second kappa shape index (κ2) is 9.94. The fourth-order valence-corrected chi connectivity index (χ4v) is 3.75. The minimum absolute atomic E-state index is 0.0244. The number of aliphatic carboxylic acids is 1. The second-order valence-corrected chi connectivity index (χ2v) is 7.46. The number of hydrogen-bond acceptors (Lipinski definition) is 5. The number of hydrogen-bond donors (Lipinski definition) is 1.